The number of rotatable bonds is 4. The second-order valence-electron chi connectivity index (χ2n) is 6.93. The SMILES string of the molecule is CC[C@@H]1c2nncn2-c2cnc(-n3ccnc3-c3cncnc3)nc2N1C1=CC=C1. The first-order valence-corrected chi connectivity index (χ1v) is 9.59. The molecular weight excluding hydrogens is 380 g/mol. The number of nitrogens with zero attached hydrogens (tertiary/aromatic N) is 10. The van der Waals surface area contributed by atoms with Crippen LogP contribution in [0.15, 0.2) is 67.6 Å². The fraction of sp³-hybridized carbons (Fsp3) is 0.150. The highest BCUT2D eigenvalue weighted by Crippen LogP contribution is 2.41. The molecule has 146 valence electrons. The van der Waals surface area contributed by atoms with Gasteiger partial charge in [0.2, 0.25) is 5.95 Å². The normalized spacial score (nSPS) is 16.6. The average Bonchev–Trinajstić information content (AvgIpc) is 3.43. The van der Waals surface area contributed by atoms with Gasteiger partial charge in [0.1, 0.15) is 24.2 Å². The van der Waals surface area contributed by atoms with Crippen LogP contribution in [0.2, 0.25) is 0 Å². The van der Waals surface area contributed by atoms with Crippen molar-refractivity contribution in [1.82, 2.24) is 44.3 Å². The van der Waals surface area contributed by atoms with Crippen molar-refractivity contribution in [3.63, 3.8) is 0 Å². The predicted molar refractivity (Wildman–Crippen MR) is 108 cm³/mol. The van der Waals surface area contributed by atoms with E-state index in [1.54, 1.807) is 31.1 Å². The first kappa shape index (κ1) is 16.7. The number of hydrogen-bond acceptors (Lipinski definition) is 8. The molecule has 1 aliphatic carbocycles. The maximum Gasteiger partial charge on any atom is 0.237 e. The van der Waals surface area contributed by atoms with E-state index >= 15 is 0 Å². The third-order valence-electron chi connectivity index (χ3n) is 5.28. The first-order valence-electron chi connectivity index (χ1n) is 9.59. The minimum absolute atomic E-state index is 0.0312. The molecule has 0 bridgehead atoms. The zero-order valence-corrected chi connectivity index (χ0v) is 16.0. The molecule has 2 aliphatic rings. The van der Waals surface area contributed by atoms with Gasteiger partial charge in [-0.3, -0.25) is 9.13 Å². The predicted octanol–water partition coefficient (Wildman–Crippen LogP) is 2.42. The summed E-state index contributed by atoms with van der Waals surface area (Å²) >= 11 is 0. The molecule has 1 aliphatic heterocycles. The quantitative estimate of drug-likeness (QED) is 0.518. The smallest absolute Gasteiger partial charge is 0.237 e. The summed E-state index contributed by atoms with van der Waals surface area (Å²) in [5, 5.41) is 8.49. The van der Waals surface area contributed by atoms with Gasteiger partial charge in [0.15, 0.2) is 11.6 Å². The Kier molecular flexibility index (Phi) is 3.57. The van der Waals surface area contributed by atoms with Gasteiger partial charge in [-0.2, -0.15) is 4.98 Å². The summed E-state index contributed by atoms with van der Waals surface area (Å²) in [5.74, 6) is 2.88. The summed E-state index contributed by atoms with van der Waals surface area (Å²) in [4.78, 5) is 24.4. The number of aromatic nitrogens is 9. The highest BCUT2D eigenvalue weighted by atomic mass is 15.4. The molecule has 30 heavy (non-hydrogen) atoms. The lowest BCUT2D eigenvalue weighted by atomic mass is 10.1. The van der Waals surface area contributed by atoms with Gasteiger partial charge in [-0.25, -0.2) is 19.9 Å². The maximum absolute atomic E-state index is 4.95. The second kappa shape index (κ2) is 6.41. The van der Waals surface area contributed by atoms with Crippen molar-refractivity contribution in [2.75, 3.05) is 4.90 Å². The van der Waals surface area contributed by atoms with Gasteiger partial charge in [0, 0.05) is 30.5 Å². The molecule has 0 saturated heterocycles. The highest BCUT2D eigenvalue weighted by molar-refractivity contribution is 5.68. The lowest BCUT2D eigenvalue weighted by molar-refractivity contribution is 0.574. The van der Waals surface area contributed by atoms with Crippen LogP contribution < -0.4 is 4.90 Å². The van der Waals surface area contributed by atoms with Crippen LogP contribution in [0.25, 0.3) is 23.0 Å². The number of hydrogen-bond donors (Lipinski definition) is 0. The third-order valence-corrected chi connectivity index (χ3v) is 5.28. The zero-order chi connectivity index (χ0) is 20.1. The Bertz CT molecular complexity index is 1300. The second-order valence-corrected chi connectivity index (χ2v) is 6.93. The van der Waals surface area contributed by atoms with Crippen LogP contribution in [0.5, 0.6) is 0 Å². The van der Waals surface area contributed by atoms with E-state index in [2.05, 4.69) is 54.1 Å². The molecule has 10 nitrogen and oxygen atoms in total. The maximum atomic E-state index is 4.95. The third kappa shape index (κ3) is 2.33. The molecule has 6 rings (SSSR count). The minimum Gasteiger partial charge on any atom is -0.314 e. The highest BCUT2D eigenvalue weighted by Gasteiger charge is 2.35. The van der Waals surface area contributed by atoms with Gasteiger partial charge in [-0.1, -0.05) is 13.0 Å². The fourth-order valence-corrected chi connectivity index (χ4v) is 3.84. The van der Waals surface area contributed by atoms with Gasteiger partial charge in [0.05, 0.1) is 17.8 Å². The summed E-state index contributed by atoms with van der Waals surface area (Å²) in [7, 11) is 0. The molecule has 0 amide bonds. The minimum atomic E-state index is 0.0312. The van der Waals surface area contributed by atoms with E-state index in [1.807, 2.05) is 21.4 Å². The zero-order valence-electron chi connectivity index (χ0n) is 16.0. The molecule has 0 spiro atoms. The first-order chi connectivity index (χ1) is 14.8. The Hall–Kier alpha value is -4.21. The van der Waals surface area contributed by atoms with E-state index in [0.717, 1.165) is 35.0 Å². The Morgan fingerprint density at radius 2 is 1.93 bits per heavy atom. The average molecular weight is 396 g/mol. The van der Waals surface area contributed by atoms with Crippen LogP contribution in [-0.2, 0) is 0 Å². The van der Waals surface area contributed by atoms with E-state index in [9.17, 15) is 0 Å². The van der Waals surface area contributed by atoms with Crippen LogP contribution in [-0.4, -0.2) is 44.3 Å². The standard InChI is InChI=1S/C20H16N10/c1-2-15-19-27-25-12-29(19)16-10-24-20(26-18(16)30(15)14-4-3-5-14)28-7-6-23-17(28)13-8-21-11-22-9-13/h3-12,15H,2H2,1H3/t15-/m1/s1. The van der Waals surface area contributed by atoms with Crippen LogP contribution in [0.1, 0.15) is 25.2 Å². The Morgan fingerprint density at radius 3 is 2.70 bits per heavy atom. The Balaban J connectivity index is 1.53. The molecule has 0 fully saturated rings. The van der Waals surface area contributed by atoms with E-state index in [1.165, 1.54) is 6.33 Å². The monoisotopic (exact) mass is 396 g/mol. The summed E-state index contributed by atoms with van der Waals surface area (Å²) in [6, 6.07) is 0.0312. The lowest BCUT2D eigenvalue weighted by Crippen LogP contribution is -2.35. The summed E-state index contributed by atoms with van der Waals surface area (Å²) in [6.45, 7) is 2.14. The molecule has 0 unspecified atom stereocenters. The van der Waals surface area contributed by atoms with Gasteiger partial charge in [-0.05, 0) is 18.6 Å². The Morgan fingerprint density at radius 1 is 1.07 bits per heavy atom. The number of allylic oxidation sites excluding steroid dienone is 3. The molecule has 5 heterocycles. The van der Waals surface area contributed by atoms with Crippen LogP contribution in [0.3, 0.4) is 0 Å². The van der Waals surface area contributed by atoms with Crippen LogP contribution >= 0.6 is 0 Å². The summed E-state index contributed by atoms with van der Waals surface area (Å²) in [6.07, 6.45) is 19.0. The summed E-state index contributed by atoms with van der Waals surface area (Å²) in [5.41, 5.74) is 2.72. The van der Waals surface area contributed by atoms with Crippen molar-refractivity contribution in [2.45, 2.75) is 19.4 Å². The van der Waals surface area contributed by atoms with Gasteiger partial charge in [0.25, 0.3) is 0 Å². The number of anilines is 1. The molecule has 4 aromatic heterocycles. The van der Waals surface area contributed by atoms with Crippen molar-refractivity contribution in [3.8, 4) is 23.0 Å². The largest absolute Gasteiger partial charge is 0.314 e. The van der Waals surface area contributed by atoms with Crippen molar-refractivity contribution in [1.29, 1.82) is 0 Å². The molecule has 1 atom stereocenters. The molecular formula is C20H16N10. The van der Waals surface area contributed by atoms with Crippen molar-refractivity contribution in [3.05, 3.63) is 73.4 Å². The van der Waals surface area contributed by atoms with Crippen molar-refractivity contribution < 1.29 is 0 Å². The van der Waals surface area contributed by atoms with Crippen molar-refractivity contribution in [2.24, 2.45) is 0 Å². The van der Waals surface area contributed by atoms with Crippen LogP contribution in [0.4, 0.5) is 5.82 Å². The lowest BCUT2D eigenvalue weighted by Gasteiger charge is -2.38. The van der Waals surface area contributed by atoms with Gasteiger partial charge >= 0.3 is 0 Å². The van der Waals surface area contributed by atoms with Crippen LogP contribution in [0, 0.1) is 0 Å². The van der Waals surface area contributed by atoms with E-state index < -0.39 is 0 Å². The topological polar surface area (TPSA) is 103 Å². The number of imidazole rings is 1. The van der Waals surface area contributed by atoms with Gasteiger partial charge < -0.3 is 4.90 Å². The molecule has 10 heteroatoms. The molecule has 0 radical (unpaired) electrons. The van der Waals surface area contributed by atoms with Gasteiger partial charge in [-0.15, -0.1) is 10.2 Å². The molecule has 0 aromatic carbocycles. The molecule has 0 N–H and O–H groups in total. The molecule has 0 saturated carbocycles. The van der Waals surface area contributed by atoms with E-state index in [0.29, 0.717) is 11.8 Å². The molecule has 4 aromatic rings. The van der Waals surface area contributed by atoms with E-state index in [4.69, 9.17) is 4.98 Å². The summed E-state index contributed by atoms with van der Waals surface area (Å²) < 4.78 is 3.80. The Labute approximate surface area is 171 Å². The fourth-order valence-electron chi connectivity index (χ4n) is 3.84. The number of fused-ring (bicyclic) bond motifs is 3. The van der Waals surface area contributed by atoms with E-state index in [-0.39, 0.29) is 6.04 Å². The van der Waals surface area contributed by atoms with Crippen molar-refractivity contribution >= 4 is 5.82 Å².